The maximum Gasteiger partial charge on any atom is 0.0541 e. The van der Waals surface area contributed by atoms with E-state index in [1.165, 1.54) is 65.6 Å². The van der Waals surface area contributed by atoms with Crippen LogP contribution in [0, 0.1) is 0 Å². The second-order valence-corrected chi connectivity index (χ2v) is 16.5. The van der Waals surface area contributed by atoms with Crippen LogP contribution in [0.15, 0.2) is 255 Å². The molecule has 11 aromatic carbocycles. The van der Waals surface area contributed by atoms with E-state index in [-0.39, 0.29) is 0 Å². The maximum atomic E-state index is 2.44. The van der Waals surface area contributed by atoms with Gasteiger partial charge in [0.2, 0.25) is 0 Å². The maximum absolute atomic E-state index is 2.44. The third-order valence-electron chi connectivity index (χ3n) is 12.8. The van der Waals surface area contributed by atoms with E-state index in [2.05, 4.69) is 264 Å². The molecule has 0 bridgehead atoms. The zero-order valence-corrected chi connectivity index (χ0v) is 35.1. The lowest BCUT2D eigenvalue weighted by atomic mass is 9.92. The Bertz CT molecular complexity index is 3610. The van der Waals surface area contributed by atoms with Gasteiger partial charge in [-0.25, -0.2) is 0 Å². The first kappa shape index (κ1) is 37.3. The van der Waals surface area contributed by atoms with Gasteiger partial charge in [0.25, 0.3) is 0 Å². The summed E-state index contributed by atoms with van der Waals surface area (Å²) in [6.07, 6.45) is 0. The number of para-hydroxylation sites is 4. The van der Waals surface area contributed by atoms with E-state index >= 15 is 0 Å². The summed E-state index contributed by atoms with van der Waals surface area (Å²) in [5.41, 5.74) is 16.2. The Labute approximate surface area is 373 Å². The molecule has 0 aliphatic rings. The third-order valence-corrected chi connectivity index (χ3v) is 12.8. The normalized spacial score (nSPS) is 11.4. The molecule has 0 aliphatic carbocycles. The average Bonchev–Trinajstić information content (AvgIpc) is 3.71. The highest BCUT2D eigenvalue weighted by Crippen LogP contribution is 2.46. The molecule has 12 aromatic rings. The quantitative estimate of drug-likeness (QED) is 0.148. The van der Waals surface area contributed by atoms with Crippen molar-refractivity contribution in [3.8, 4) is 50.2 Å². The second kappa shape index (κ2) is 15.8. The van der Waals surface area contributed by atoms with Crippen molar-refractivity contribution < 1.29 is 0 Å². The number of hydrogen-bond acceptors (Lipinski definition) is 1. The van der Waals surface area contributed by atoms with Gasteiger partial charge < -0.3 is 9.47 Å². The van der Waals surface area contributed by atoms with Crippen LogP contribution < -0.4 is 4.90 Å². The van der Waals surface area contributed by atoms with Crippen molar-refractivity contribution in [2.24, 2.45) is 0 Å². The Balaban J connectivity index is 1.05. The molecule has 0 atom stereocenters. The molecule has 0 aliphatic heterocycles. The van der Waals surface area contributed by atoms with Crippen LogP contribution in [0.4, 0.5) is 17.1 Å². The van der Waals surface area contributed by atoms with E-state index < -0.39 is 0 Å². The predicted octanol–water partition coefficient (Wildman–Crippen LogP) is 17.2. The first-order chi connectivity index (χ1) is 31.8. The molecule has 0 saturated carbocycles. The smallest absolute Gasteiger partial charge is 0.0541 e. The average molecular weight is 815 g/mol. The van der Waals surface area contributed by atoms with Crippen molar-refractivity contribution >= 4 is 60.4 Å². The molecule has 0 saturated heterocycles. The van der Waals surface area contributed by atoms with Crippen molar-refractivity contribution in [3.63, 3.8) is 0 Å². The van der Waals surface area contributed by atoms with Crippen molar-refractivity contribution in [2.75, 3.05) is 4.90 Å². The zero-order chi connectivity index (χ0) is 42.4. The highest BCUT2D eigenvalue weighted by molar-refractivity contribution is 6.10. The van der Waals surface area contributed by atoms with Crippen LogP contribution >= 0.6 is 0 Å². The van der Waals surface area contributed by atoms with E-state index in [4.69, 9.17) is 0 Å². The molecular formula is C62H42N2. The standard InChI is InChI=1S/C62H42N2/c1-2-18-45(19-3-1)58-42-50(39-40-54(58)55-25-9-13-30-60(55)64-61-31-14-10-26-56(61)57-27-11-15-32-62(57)64)63(49-38-37-43-17-4-5-21-48(43)41-49)59-29-12-8-24-53(59)47-35-33-46(34-36-47)52-28-16-22-44-20-6-7-23-51(44)52/h1-42H. The first-order valence-electron chi connectivity index (χ1n) is 22.0. The molecule has 0 radical (unpaired) electrons. The molecule has 12 rings (SSSR count). The SMILES string of the molecule is c1ccc(-c2cc(N(c3ccc4ccccc4c3)c3ccccc3-c3ccc(-c4cccc5ccccc45)cc3)ccc2-c2ccccc2-n2c3ccccc3c3ccccc32)cc1. The Morgan fingerprint density at radius 1 is 0.266 bits per heavy atom. The van der Waals surface area contributed by atoms with Gasteiger partial charge in [-0.05, 0) is 103 Å². The van der Waals surface area contributed by atoms with Crippen molar-refractivity contribution in [1.29, 1.82) is 0 Å². The summed E-state index contributed by atoms with van der Waals surface area (Å²) in [4.78, 5) is 2.44. The van der Waals surface area contributed by atoms with Gasteiger partial charge in [0.15, 0.2) is 0 Å². The summed E-state index contributed by atoms with van der Waals surface area (Å²) in [5.74, 6) is 0. The molecule has 64 heavy (non-hydrogen) atoms. The zero-order valence-electron chi connectivity index (χ0n) is 35.1. The van der Waals surface area contributed by atoms with Crippen molar-refractivity contribution in [1.82, 2.24) is 4.57 Å². The minimum atomic E-state index is 1.08. The molecule has 1 heterocycles. The Hall–Kier alpha value is -8.46. The van der Waals surface area contributed by atoms with Gasteiger partial charge in [-0.15, -0.1) is 0 Å². The summed E-state index contributed by atoms with van der Waals surface area (Å²) >= 11 is 0. The summed E-state index contributed by atoms with van der Waals surface area (Å²) < 4.78 is 2.44. The number of fused-ring (bicyclic) bond motifs is 5. The molecule has 2 heteroatoms. The second-order valence-electron chi connectivity index (χ2n) is 16.5. The first-order valence-corrected chi connectivity index (χ1v) is 22.0. The van der Waals surface area contributed by atoms with E-state index in [1.54, 1.807) is 0 Å². The lowest BCUT2D eigenvalue weighted by molar-refractivity contribution is 1.18. The van der Waals surface area contributed by atoms with Crippen LogP contribution in [0.3, 0.4) is 0 Å². The number of nitrogens with zero attached hydrogens (tertiary/aromatic N) is 2. The van der Waals surface area contributed by atoms with E-state index in [9.17, 15) is 0 Å². The third kappa shape index (κ3) is 6.44. The summed E-state index contributed by atoms with van der Waals surface area (Å²) in [5, 5.41) is 7.42. The van der Waals surface area contributed by atoms with Crippen molar-refractivity contribution in [2.45, 2.75) is 0 Å². The fraction of sp³-hybridized carbons (Fsp3) is 0. The van der Waals surface area contributed by atoms with Crippen LogP contribution in [-0.4, -0.2) is 4.57 Å². The number of aromatic nitrogens is 1. The molecule has 0 spiro atoms. The van der Waals surface area contributed by atoms with Gasteiger partial charge in [-0.1, -0.05) is 206 Å². The van der Waals surface area contributed by atoms with E-state index in [0.717, 1.165) is 45.0 Å². The van der Waals surface area contributed by atoms with Crippen LogP contribution in [-0.2, 0) is 0 Å². The molecule has 2 nitrogen and oxygen atoms in total. The highest BCUT2D eigenvalue weighted by atomic mass is 15.1. The van der Waals surface area contributed by atoms with E-state index in [0.29, 0.717) is 0 Å². The fourth-order valence-corrected chi connectivity index (χ4v) is 9.80. The van der Waals surface area contributed by atoms with Gasteiger partial charge in [0.1, 0.15) is 0 Å². The Morgan fingerprint density at radius 2 is 0.781 bits per heavy atom. The lowest BCUT2D eigenvalue weighted by Gasteiger charge is -2.29. The minimum Gasteiger partial charge on any atom is -0.310 e. The minimum absolute atomic E-state index is 1.08. The van der Waals surface area contributed by atoms with E-state index in [1.807, 2.05) is 0 Å². The van der Waals surface area contributed by atoms with Gasteiger partial charge in [0.05, 0.1) is 22.4 Å². The molecule has 1 aromatic heterocycles. The van der Waals surface area contributed by atoms with Gasteiger partial charge in [0, 0.05) is 33.3 Å². The van der Waals surface area contributed by atoms with Crippen LogP contribution in [0.1, 0.15) is 0 Å². The van der Waals surface area contributed by atoms with Crippen LogP contribution in [0.25, 0.3) is 93.5 Å². The topological polar surface area (TPSA) is 8.17 Å². The lowest BCUT2D eigenvalue weighted by Crippen LogP contribution is -2.11. The summed E-state index contributed by atoms with van der Waals surface area (Å²) in [6.45, 7) is 0. The predicted molar refractivity (Wildman–Crippen MR) is 272 cm³/mol. The number of benzene rings is 11. The van der Waals surface area contributed by atoms with Gasteiger partial charge in [-0.3, -0.25) is 0 Å². The molecule has 0 fully saturated rings. The number of rotatable bonds is 8. The number of anilines is 3. The monoisotopic (exact) mass is 814 g/mol. The highest BCUT2D eigenvalue weighted by Gasteiger charge is 2.22. The molecule has 300 valence electrons. The molecule has 0 amide bonds. The van der Waals surface area contributed by atoms with Crippen LogP contribution in [0.5, 0.6) is 0 Å². The van der Waals surface area contributed by atoms with Crippen molar-refractivity contribution in [3.05, 3.63) is 255 Å². The molecule has 0 unspecified atom stereocenters. The van der Waals surface area contributed by atoms with Crippen LogP contribution in [0.2, 0.25) is 0 Å². The molecule has 0 N–H and O–H groups in total. The number of hydrogen-bond donors (Lipinski definition) is 0. The largest absolute Gasteiger partial charge is 0.310 e. The Morgan fingerprint density at radius 3 is 1.55 bits per heavy atom. The van der Waals surface area contributed by atoms with Gasteiger partial charge in [-0.2, -0.15) is 0 Å². The fourth-order valence-electron chi connectivity index (χ4n) is 9.80. The van der Waals surface area contributed by atoms with Gasteiger partial charge >= 0.3 is 0 Å². The Kier molecular flexibility index (Phi) is 9.20. The summed E-state index contributed by atoms with van der Waals surface area (Å²) in [6, 6.07) is 92.8. The summed E-state index contributed by atoms with van der Waals surface area (Å²) in [7, 11) is 0. The molecular weight excluding hydrogens is 773 g/mol.